The first kappa shape index (κ1) is 16.7. The second kappa shape index (κ2) is 9.55. The fourth-order valence-corrected chi connectivity index (χ4v) is 3.29. The van der Waals surface area contributed by atoms with Crippen molar-refractivity contribution in [3.63, 3.8) is 0 Å². The molecule has 1 aliphatic carbocycles. The molecule has 1 saturated carbocycles. The van der Waals surface area contributed by atoms with Gasteiger partial charge in [0.15, 0.2) is 0 Å². The van der Waals surface area contributed by atoms with Gasteiger partial charge in [-0.05, 0) is 48.9 Å². The van der Waals surface area contributed by atoms with E-state index >= 15 is 0 Å². The third-order valence-corrected chi connectivity index (χ3v) is 4.55. The molecule has 2 heteroatoms. The van der Waals surface area contributed by atoms with Gasteiger partial charge in [-0.1, -0.05) is 67.6 Å². The average Bonchev–Trinajstić information content (AvgIpc) is 2.73. The van der Waals surface area contributed by atoms with Gasteiger partial charge in [0.1, 0.15) is 0 Å². The highest BCUT2D eigenvalue weighted by Crippen LogP contribution is 2.34. The van der Waals surface area contributed by atoms with E-state index in [0.717, 1.165) is 16.9 Å². The zero-order valence-corrected chi connectivity index (χ0v) is 14.0. The quantitative estimate of drug-likeness (QED) is 0.731. The summed E-state index contributed by atoms with van der Waals surface area (Å²) in [5.74, 6) is 1.35. The van der Waals surface area contributed by atoms with Gasteiger partial charge >= 0.3 is 0 Å². The van der Waals surface area contributed by atoms with Gasteiger partial charge in [0, 0.05) is 4.47 Å². The van der Waals surface area contributed by atoms with Crippen LogP contribution in [0.25, 0.3) is 0 Å². The molecule has 0 aliphatic heterocycles. The van der Waals surface area contributed by atoms with Crippen LogP contribution in [0.15, 0.2) is 28.7 Å². The number of hydrogen-bond donors (Lipinski definition) is 1. The minimum absolute atomic E-state index is 0.557. The van der Waals surface area contributed by atoms with Crippen molar-refractivity contribution in [2.24, 2.45) is 11.7 Å². The summed E-state index contributed by atoms with van der Waals surface area (Å²) in [4.78, 5) is 0. The monoisotopic (exact) mass is 325 g/mol. The first-order valence-electron chi connectivity index (χ1n) is 7.77. The minimum atomic E-state index is 0.557. The Balaban J connectivity index is 0.000000861. The topological polar surface area (TPSA) is 26.0 Å². The van der Waals surface area contributed by atoms with Gasteiger partial charge in [0.05, 0.1) is 0 Å². The van der Waals surface area contributed by atoms with Gasteiger partial charge in [-0.15, -0.1) is 0 Å². The molecule has 2 N–H and O–H groups in total. The molecule has 0 aromatic heterocycles. The maximum atomic E-state index is 6.01. The van der Waals surface area contributed by atoms with Crippen LogP contribution >= 0.6 is 15.9 Å². The van der Waals surface area contributed by atoms with E-state index in [-0.39, 0.29) is 0 Å². The zero-order chi connectivity index (χ0) is 14.1. The van der Waals surface area contributed by atoms with Gasteiger partial charge in [0.25, 0.3) is 0 Å². The third-order valence-electron chi connectivity index (χ3n) is 4.02. The van der Waals surface area contributed by atoms with E-state index in [1.165, 1.54) is 44.1 Å². The maximum Gasteiger partial charge on any atom is 0.0175 e. The SMILES string of the molecule is CC.NCC(c1ccc(Br)cc1)C1CCCCCC1. The van der Waals surface area contributed by atoms with E-state index < -0.39 is 0 Å². The smallest absolute Gasteiger partial charge is 0.0175 e. The summed E-state index contributed by atoms with van der Waals surface area (Å²) < 4.78 is 1.15. The first-order valence-corrected chi connectivity index (χ1v) is 8.56. The van der Waals surface area contributed by atoms with Crippen LogP contribution in [-0.2, 0) is 0 Å². The van der Waals surface area contributed by atoms with Gasteiger partial charge in [-0.3, -0.25) is 0 Å². The van der Waals surface area contributed by atoms with Crippen LogP contribution in [-0.4, -0.2) is 6.54 Å². The molecule has 0 spiro atoms. The molecule has 2 rings (SSSR count). The highest BCUT2D eigenvalue weighted by atomic mass is 79.9. The third kappa shape index (κ3) is 5.27. The predicted molar refractivity (Wildman–Crippen MR) is 88.5 cm³/mol. The molecule has 1 aliphatic rings. The zero-order valence-electron chi connectivity index (χ0n) is 12.4. The molecule has 0 heterocycles. The molecule has 108 valence electrons. The molecule has 1 aromatic carbocycles. The lowest BCUT2D eigenvalue weighted by atomic mass is 9.81. The van der Waals surface area contributed by atoms with Crippen molar-refractivity contribution in [2.75, 3.05) is 6.54 Å². The van der Waals surface area contributed by atoms with Gasteiger partial charge < -0.3 is 5.73 Å². The average molecular weight is 326 g/mol. The van der Waals surface area contributed by atoms with Gasteiger partial charge in [-0.25, -0.2) is 0 Å². The molecule has 1 atom stereocenters. The van der Waals surface area contributed by atoms with Gasteiger partial charge in [0.2, 0.25) is 0 Å². The van der Waals surface area contributed by atoms with Crippen molar-refractivity contribution in [1.29, 1.82) is 0 Å². The lowest BCUT2D eigenvalue weighted by molar-refractivity contribution is 0.380. The van der Waals surface area contributed by atoms with Crippen LogP contribution in [0, 0.1) is 5.92 Å². The van der Waals surface area contributed by atoms with Crippen LogP contribution in [0.2, 0.25) is 0 Å². The largest absolute Gasteiger partial charge is 0.330 e. The number of halogens is 1. The van der Waals surface area contributed by atoms with Crippen LogP contribution in [0.3, 0.4) is 0 Å². The molecule has 1 unspecified atom stereocenters. The fourth-order valence-electron chi connectivity index (χ4n) is 3.02. The van der Waals surface area contributed by atoms with E-state index in [2.05, 4.69) is 40.2 Å². The van der Waals surface area contributed by atoms with Crippen molar-refractivity contribution < 1.29 is 0 Å². The predicted octanol–water partition coefficient (Wildman–Crippen LogP) is 5.49. The molecule has 0 amide bonds. The normalized spacial score (nSPS) is 18.1. The van der Waals surface area contributed by atoms with Crippen LogP contribution in [0.5, 0.6) is 0 Å². The van der Waals surface area contributed by atoms with Gasteiger partial charge in [-0.2, -0.15) is 0 Å². The minimum Gasteiger partial charge on any atom is -0.330 e. The molecule has 1 nitrogen and oxygen atoms in total. The van der Waals surface area contributed by atoms with Crippen molar-refractivity contribution in [2.45, 2.75) is 58.3 Å². The summed E-state index contributed by atoms with van der Waals surface area (Å²) in [5.41, 5.74) is 7.43. The summed E-state index contributed by atoms with van der Waals surface area (Å²) in [6.45, 7) is 4.78. The molecule has 19 heavy (non-hydrogen) atoms. The van der Waals surface area contributed by atoms with Crippen LogP contribution in [0.4, 0.5) is 0 Å². The lowest BCUT2D eigenvalue weighted by Gasteiger charge is -2.25. The summed E-state index contributed by atoms with van der Waals surface area (Å²) >= 11 is 3.49. The summed E-state index contributed by atoms with van der Waals surface area (Å²) in [6.07, 6.45) is 8.31. The van der Waals surface area contributed by atoms with Crippen LogP contribution in [0.1, 0.15) is 63.9 Å². The number of nitrogens with two attached hydrogens (primary N) is 1. The number of hydrogen-bond acceptors (Lipinski definition) is 1. The van der Waals surface area contributed by atoms with E-state index in [1.807, 2.05) is 13.8 Å². The Morgan fingerprint density at radius 2 is 1.58 bits per heavy atom. The van der Waals surface area contributed by atoms with Crippen molar-refractivity contribution in [3.8, 4) is 0 Å². The molecule has 1 fully saturated rings. The fraction of sp³-hybridized carbons (Fsp3) is 0.647. The second-order valence-electron chi connectivity index (χ2n) is 5.15. The lowest BCUT2D eigenvalue weighted by Crippen LogP contribution is -2.21. The highest BCUT2D eigenvalue weighted by molar-refractivity contribution is 9.10. The summed E-state index contributed by atoms with van der Waals surface area (Å²) in [5, 5.41) is 0. The van der Waals surface area contributed by atoms with E-state index in [1.54, 1.807) is 0 Å². The van der Waals surface area contributed by atoms with Crippen molar-refractivity contribution in [3.05, 3.63) is 34.3 Å². The Bertz CT molecular complexity index is 326. The van der Waals surface area contributed by atoms with E-state index in [0.29, 0.717) is 5.92 Å². The molecular formula is C17H28BrN. The summed E-state index contributed by atoms with van der Waals surface area (Å²) in [7, 11) is 0. The molecule has 1 aromatic rings. The summed E-state index contributed by atoms with van der Waals surface area (Å²) in [6, 6.07) is 8.72. The molecule has 0 saturated heterocycles. The van der Waals surface area contributed by atoms with E-state index in [9.17, 15) is 0 Å². The highest BCUT2D eigenvalue weighted by Gasteiger charge is 2.22. The Morgan fingerprint density at radius 1 is 1.05 bits per heavy atom. The van der Waals surface area contributed by atoms with Crippen LogP contribution < -0.4 is 5.73 Å². The van der Waals surface area contributed by atoms with Crippen molar-refractivity contribution >= 4 is 15.9 Å². The Labute approximate surface area is 127 Å². The number of rotatable bonds is 3. The Kier molecular flexibility index (Phi) is 8.40. The van der Waals surface area contributed by atoms with Crippen molar-refractivity contribution in [1.82, 2.24) is 0 Å². The second-order valence-corrected chi connectivity index (χ2v) is 6.06. The Morgan fingerprint density at radius 3 is 2.05 bits per heavy atom. The Hall–Kier alpha value is -0.340. The molecule has 0 bridgehead atoms. The molecule has 0 radical (unpaired) electrons. The first-order chi connectivity index (χ1) is 9.31. The number of benzene rings is 1. The van der Waals surface area contributed by atoms with E-state index in [4.69, 9.17) is 5.73 Å². The standard InChI is InChI=1S/C15H22BrN.C2H6/c16-14-9-7-13(8-10-14)15(11-17)12-5-3-1-2-4-6-12;1-2/h7-10,12,15H,1-6,11,17H2;1-2H3. The molecular weight excluding hydrogens is 298 g/mol. The maximum absolute atomic E-state index is 6.01.